The minimum absolute atomic E-state index is 0.0713. The normalized spacial score (nSPS) is 15.4. The average Bonchev–Trinajstić information content (AvgIpc) is 3.17. The van der Waals surface area contributed by atoms with Crippen LogP contribution in [0.5, 0.6) is 5.75 Å². The van der Waals surface area contributed by atoms with Crippen LogP contribution in [0.25, 0.3) is 11.1 Å². The number of nitrogens with zero attached hydrogens (tertiary/aromatic N) is 1. The van der Waals surface area contributed by atoms with Crippen molar-refractivity contribution >= 4 is 13.2 Å². The van der Waals surface area contributed by atoms with Crippen molar-refractivity contribution in [1.82, 2.24) is 10.0 Å². The minimum atomic E-state index is -0.812. The molecule has 1 aromatic heterocycles. The highest BCUT2D eigenvalue weighted by molar-refractivity contribution is 6.38. The number of carbonyl (C=O) groups excluding carboxylic acids is 1. The van der Waals surface area contributed by atoms with Crippen LogP contribution in [0, 0.1) is 0 Å². The highest BCUT2D eigenvalue weighted by atomic mass is 16.8. The van der Waals surface area contributed by atoms with Gasteiger partial charge in [-0.3, -0.25) is 9.59 Å². The second-order valence-corrected chi connectivity index (χ2v) is 10.9. The molecule has 1 N–H and O–H groups in total. The van der Waals surface area contributed by atoms with E-state index in [-0.39, 0.29) is 12.3 Å². The van der Waals surface area contributed by atoms with Gasteiger partial charge in [0.25, 0.3) is 11.5 Å². The van der Waals surface area contributed by atoms with Crippen LogP contribution in [-0.4, -0.2) is 29.2 Å². The number of carbonyl (C=O) groups is 1. The van der Waals surface area contributed by atoms with Crippen molar-refractivity contribution in [1.29, 1.82) is 0 Å². The van der Waals surface area contributed by atoms with Crippen LogP contribution in [0.1, 0.15) is 49.3 Å². The van der Waals surface area contributed by atoms with E-state index in [2.05, 4.69) is 17.4 Å². The molecule has 0 atom stereocenters. The van der Waals surface area contributed by atoms with Crippen molar-refractivity contribution in [2.45, 2.75) is 52.0 Å². The molecule has 2 heterocycles. The molecule has 1 fully saturated rings. The largest absolute Gasteiger partial charge is 0.714 e. The second-order valence-electron chi connectivity index (χ2n) is 10.9. The molecule has 0 spiro atoms. The van der Waals surface area contributed by atoms with Crippen LogP contribution in [0.15, 0.2) is 102 Å². The summed E-state index contributed by atoms with van der Waals surface area (Å²) in [5.74, 6) is 0.155. The molecule has 1 amide bonds. The molecule has 0 bridgehead atoms. The van der Waals surface area contributed by atoms with Gasteiger partial charge in [0, 0.05) is 12.6 Å². The Hall–Kier alpha value is -4.34. The van der Waals surface area contributed by atoms with Crippen LogP contribution in [0.3, 0.4) is 0 Å². The van der Waals surface area contributed by atoms with Crippen LogP contribution in [0.2, 0.25) is 0 Å². The molecule has 41 heavy (non-hydrogen) atoms. The summed E-state index contributed by atoms with van der Waals surface area (Å²) in [5, 5.41) is 2.87. The molecule has 5 rings (SSSR count). The van der Waals surface area contributed by atoms with E-state index in [1.807, 2.05) is 82.3 Å². The van der Waals surface area contributed by atoms with E-state index in [0.717, 1.165) is 27.0 Å². The molecule has 4 aromatic rings. The van der Waals surface area contributed by atoms with E-state index in [0.29, 0.717) is 12.3 Å². The molecule has 3 aromatic carbocycles. The van der Waals surface area contributed by atoms with E-state index >= 15 is 0 Å². The van der Waals surface area contributed by atoms with Gasteiger partial charge in [-0.15, -0.1) is 4.73 Å². The zero-order valence-electron chi connectivity index (χ0n) is 23.6. The smallest absolute Gasteiger partial charge is 0.512 e. The van der Waals surface area contributed by atoms with Crippen molar-refractivity contribution in [2.24, 2.45) is 0 Å². The maximum atomic E-state index is 13.0. The van der Waals surface area contributed by atoms with Gasteiger partial charge in [-0.25, -0.2) is 0 Å². The molecule has 0 unspecified atom stereocenters. The molecule has 8 nitrogen and oxygen atoms in total. The number of aromatic nitrogens is 1. The van der Waals surface area contributed by atoms with Crippen LogP contribution < -0.4 is 20.4 Å². The second kappa shape index (κ2) is 11.6. The lowest BCUT2D eigenvalue weighted by Gasteiger charge is -2.31. The lowest BCUT2D eigenvalue weighted by molar-refractivity contribution is 0.00578. The van der Waals surface area contributed by atoms with E-state index in [1.54, 1.807) is 18.2 Å². The predicted molar refractivity (Wildman–Crippen MR) is 157 cm³/mol. The minimum Gasteiger partial charge on any atom is -0.512 e. The Labute approximate surface area is 240 Å². The van der Waals surface area contributed by atoms with Crippen molar-refractivity contribution in [3.8, 4) is 16.9 Å². The fourth-order valence-electron chi connectivity index (χ4n) is 4.25. The van der Waals surface area contributed by atoms with Gasteiger partial charge in [0.2, 0.25) is 0 Å². The monoisotopic (exact) mass is 552 g/mol. The molecule has 9 heteroatoms. The van der Waals surface area contributed by atoms with Crippen molar-refractivity contribution in [3.63, 3.8) is 0 Å². The lowest BCUT2D eigenvalue weighted by Crippen LogP contribution is -2.41. The summed E-state index contributed by atoms with van der Waals surface area (Å²) in [6.07, 6.45) is 0. The summed E-state index contributed by atoms with van der Waals surface area (Å²) in [7, 11) is -0.812. The third-order valence-corrected chi connectivity index (χ3v) is 7.41. The predicted octanol–water partition coefficient (Wildman–Crippen LogP) is 5.04. The Balaban J connectivity index is 1.18. The number of amides is 1. The number of rotatable bonds is 9. The lowest BCUT2D eigenvalue weighted by atomic mass is 9.90. The van der Waals surface area contributed by atoms with E-state index in [9.17, 15) is 9.59 Å². The Morgan fingerprint density at radius 3 is 2.05 bits per heavy atom. The van der Waals surface area contributed by atoms with Gasteiger partial charge in [0.05, 0.1) is 11.2 Å². The van der Waals surface area contributed by atoms with Crippen molar-refractivity contribution < 1.29 is 23.6 Å². The van der Waals surface area contributed by atoms with Gasteiger partial charge in [-0.2, -0.15) is 0 Å². The Bertz CT molecular complexity index is 1530. The van der Waals surface area contributed by atoms with Crippen molar-refractivity contribution in [2.75, 3.05) is 0 Å². The molecular formula is C32H33BN2O6. The topological polar surface area (TPSA) is 88.0 Å². The van der Waals surface area contributed by atoms with Crippen LogP contribution in [-0.2, 0) is 22.5 Å². The Kier molecular flexibility index (Phi) is 8.01. The Morgan fingerprint density at radius 1 is 0.780 bits per heavy atom. The highest BCUT2D eigenvalue weighted by Gasteiger charge is 2.54. The fraction of sp³-hybridized carbons (Fsp3) is 0.250. The third kappa shape index (κ3) is 6.53. The molecule has 0 aliphatic carbocycles. The molecule has 210 valence electrons. The molecular weight excluding hydrogens is 519 g/mol. The first-order chi connectivity index (χ1) is 19.6. The zero-order valence-corrected chi connectivity index (χ0v) is 23.6. The summed E-state index contributed by atoms with van der Waals surface area (Å²) < 4.78 is 18.6. The number of nitrogens with one attached hydrogen (secondary N) is 1. The van der Waals surface area contributed by atoms with Crippen LogP contribution >= 0.6 is 0 Å². The summed E-state index contributed by atoms with van der Waals surface area (Å²) in [6, 6.07) is 29.7. The molecule has 1 saturated heterocycles. The maximum Gasteiger partial charge on any atom is 0.714 e. The Morgan fingerprint density at radius 2 is 1.39 bits per heavy atom. The number of hydrogen-bond acceptors (Lipinski definition) is 6. The standard InChI is InChI=1S/C32H33BN2O6/c1-31(2)32(3,4)41-33(40-31)39-27-19-15-24(16-20-27)22-38-35-28(11-8-12-29(35)36)30(37)34-21-23-13-17-26(18-14-23)25-9-6-5-7-10-25/h5-20H,21-22H2,1-4H3,(H,34,37). The van der Waals surface area contributed by atoms with E-state index < -0.39 is 30.0 Å². The SMILES string of the molecule is CC1(C)OB(Oc2ccc(COn3c(C(=O)NCc4ccc(-c5ccccc5)cc4)cccc3=O)cc2)OC1(C)C. The van der Waals surface area contributed by atoms with Gasteiger partial charge in [0.15, 0.2) is 0 Å². The molecule has 1 aliphatic rings. The first kappa shape index (κ1) is 28.2. The summed E-state index contributed by atoms with van der Waals surface area (Å²) in [5.41, 5.74) is 2.62. The molecule has 0 radical (unpaired) electrons. The van der Waals surface area contributed by atoms with Gasteiger partial charge < -0.3 is 24.1 Å². The first-order valence-electron chi connectivity index (χ1n) is 13.5. The zero-order chi connectivity index (χ0) is 29.0. The number of hydrogen-bond donors (Lipinski definition) is 1. The van der Waals surface area contributed by atoms with E-state index in [1.165, 1.54) is 12.1 Å². The molecule has 1 aliphatic heterocycles. The summed E-state index contributed by atoms with van der Waals surface area (Å²) >= 11 is 0. The summed E-state index contributed by atoms with van der Waals surface area (Å²) in [6.45, 7) is 8.21. The molecule has 0 saturated carbocycles. The fourth-order valence-corrected chi connectivity index (χ4v) is 4.25. The van der Waals surface area contributed by atoms with Gasteiger partial charge in [-0.1, -0.05) is 72.8 Å². The first-order valence-corrected chi connectivity index (χ1v) is 13.5. The highest BCUT2D eigenvalue weighted by Crippen LogP contribution is 2.37. The average molecular weight is 552 g/mol. The van der Waals surface area contributed by atoms with Crippen LogP contribution in [0.4, 0.5) is 0 Å². The quantitative estimate of drug-likeness (QED) is 0.293. The number of pyridine rings is 1. The maximum absolute atomic E-state index is 13.0. The third-order valence-electron chi connectivity index (χ3n) is 7.41. The summed E-state index contributed by atoms with van der Waals surface area (Å²) in [4.78, 5) is 31.3. The van der Waals surface area contributed by atoms with Gasteiger partial charge in [-0.05, 0) is 68.1 Å². The van der Waals surface area contributed by atoms with E-state index in [4.69, 9.17) is 18.8 Å². The number of benzene rings is 3. The van der Waals surface area contributed by atoms with Gasteiger partial charge in [0.1, 0.15) is 18.1 Å². The van der Waals surface area contributed by atoms with Gasteiger partial charge >= 0.3 is 7.32 Å². The van der Waals surface area contributed by atoms with Crippen molar-refractivity contribution in [3.05, 3.63) is 124 Å².